The van der Waals surface area contributed by atoms with E-state index in [0.717, 1.165) is 5.56 Å². The Labute approximate surface area is 147 Å². The Bertz CT molecular complexity index is 748. The van der Waals surface area contributed by atoms with Crippen LogP contribution in [0.5, 0.6) is 11.5 Å². The van der Waals surface area contributed by atoms with Crippen molar-refractivity contribution in [2.45, 2.75) is 19.1 Å². The maximum atomic E-state index is 13.2. The average Bonchev–Trinajstić information content (AvgIpc) is 3.07. The van der Waals surface area contributed by atoms with Crippen LogP contribution in [0, 0.1) is 0 Å². The summed E-state index contributed by atoms with van der Waals surface area (Å²) in [5.41, 5.74) is 1.87. The second kappa shape index (κ2) is 7.25. The monoisotopic (exact) mass is 342 g/mol. The first-order chi connectivity index (χ1) is 12.1. The fourth-order valence-electron chi connectivity index (χ4n) is 3.10. The first kappa shape index (κ1) is 17.5. The number of hydrogen-bond donors (Lipinski definition) is 0. The van der Waals surface area contributed by atoms with Crippen molar-refractivity contribution in [1.29, 1.82) is 0 Å². The zero-order chi connectivity index (χ0) is 17.9. The van der Waals surface area contributed by atoms with E-state index in [0.29, 0.717) is 42.3 Å². The van der Waals surface area contributed by atoms with Gasteiger partial charge in [0.2, 0.25) is 0 Å². The Kier molecular flexibility index (Phi) is 5.06. The molecule has 0 saturated carbocycles. The van der Waals surface area contributed by atoms with Crippen molar-refractivity contribution in [2.24, 2.45) is 0 Å². The highest BCUT2D eigenvalue weighted by Crippen LogP contribution is 2.37. The molecule has 5 heteroatoms. The van der Waals surface area contributed by atoms with Gasteiger partial charge < -0.3 is 18.9 Å². The molecule has 1 saturated heterocycles. The van der Waals surface area contributed by atoms with Crippen molar-refractivity contribution in [1.82, 2.24) is 0 Å². The van der Waals surface area contributed by atoms with Crippen LogP contribution < -0.4 is 9.47 Å². The molecule has 1 fully saturated rings. The Morgan fingerprint density at radius 2 is 1.72 bits per heavy atom. The summed E-state index contributed by atoms with van der Waals surface area (Å²) >= 11 is 0. The number of ether oxygens (including phenoxy) is 4. The van der Waals surface area contributed by atoms with Gasteiger partial charge in [0.15, 0.2) is 23.1 Å². The predicted octanol–water partition coefficient (Wildman–Crippen LogP) is 3.24. The summed E-state index contributed by atoms with van der Waals surface area (Å²) < 4.78 is 22.3. The lowest BCUT2D eigenvalue weighted by molar-refractivity contribution is -0.140. The number of benzene rings is 2. The van der Waals surface area contributed by atoms with Crippen LogP contribution in [0.1, 0.15) is 28.4 Å². The molecule has 2 aromatic carbocycles. The summed E-state index contributed by atoms with van der Waals surface area (Å²) in [6.07, 6.45) is 0.446. The lowest BCUT2D eigenvalue weighted by atomic mass is 9.93. The van der Waals surface area contributed by atoms with E-state index in [-0.39, 0.29) is 5.78 Å². The first-order valence-electron chi connectivity index (χ1n) is 8.19. The molecule has 0 radical (unpaired) electrons. The first-order valence-corrected chi connectivity index (χ1v) is 8.19. The topological polar surface area (TPSA) is 54.0 Å². The third kappa shape index (κ3) is 3.52. The number of methoxy groups -OCH3 is 2. The molecule has 25 heavy (non-hydrogen) atoms. The molecule has 1 aliphatic rings. The van der Waals surface area contributed by atoms with Gasteiger partial charge in [0.25, 0.3) is 0 Å². The molecule has 0 atom stereocenters. The van der Waals surface area contributed by atoms with Crippen LogP contribution in [0.15, 0.2) is 42.5 Å². The van der Waals surface area contributed by atoms with Gasteiger partial charge in [0.1, 0.15) is 0 Å². The van der Waals surface area contributed by atoms with E-state index in [1.165, 1.54) is 7.11 Å². The molecular formula is C20H22O5. The van der Waals surface area contributed by atoms with E-state index in [4.69, 9.17) is 18.9 Å². The summed E-state index contributed by atoms with van der Waals surface area (Å²) in [6, 6.07) is 12.8. The lowest BCUT2D eigenvalue weighted by Crippen LogP contribution is -2.29. The van der Waals surface area contributed by atoms with Gasteiger partial charge in [-0.05, 0) is 18.6 Å². The van der Waals surface area contributed by atoms with E-state index in [1.807, 2.05) is 31.2 Å². The van der Waals surface area contributed by atoms with Crippen LogP contribution in [-0.2, 0) is 15.9 Å². The number of carbonyl (C=O) groups is 1. The van der Waals surface area contributed by atoms with Crippen molar-refractivity contribution >= 4 is 5.78 Å². The molecule has 0 amide bonds. The maximum Gasteiger partial charge on any atom is 0.197 e. The van der Waals surface area contributed by atoms with Gasteiger partial charge in [-0.25, -0.2) is 0 Å². The Balaban J connectivity index is 2.10. The molecular weight excluding hydrogens is 320 g/mol. The molecule has 3 rings (SSSR count). The minimum atomic E-state index is -0.745. The summed E-state index contributed by atoms with van der Waals surface area (Å²) in [5.74, 6) is 0.0815. The standard InChI is InChI=1S/C20H22O5/c1-20(24-11-12-25-20)13-15-9-10-16(22-2)19(23-3)17(15)18(21)14-7-5-4-6-8-14/h4-10H,11-13H2,1-3H3. The molecule has 0 bridgehead atoms. The zero-order valence-corrected chi connectivity index (χ0v) is 14.7. The van der Waals surface area contributed by atoms with E-state index in [1.54, 1.807) is 25.3 Å². The van der Waals surface area contributed by atoms with Crippen LogP contribution in [0.4, 0.5) is 0 Å². The lowest BCUT2D eigenvalue weighted by Gasteiger charge is -2.24. The Hall–Kier alpha value is -2.37. The molecule has 1 aliphatic heterocycles. The minimum absolute atomic E-state index is 0.118. The Morgan fingerprint density at radius 3 is 2.32 bits per heavy atom. The fraction of sp³-hybridized carbons (Fsp3) is 0.350. The van der Waals surface area contributed by atoms with E-state index in [2.05, 4.69) is 0 Å². The number of hydrogen-bond acceptors (Lipinski definition) is 5. The van der Waals surface area contributed by atoms with E-state index < -0.39 is 5.79 Å². The second-order valence-corrected chi connectivity index (χ2v) is 6.04. The van der Waals surface area contributed by atoms with Gasteiger partial charge in [-0.1, -0.05) is 36.4 Å². The summed E-state index contributed by atoms with van der Waals surface area (Å²) in [7, 11) is 3.09. The molecule has 132 valence electrons. The summed E-state index contributed by atoms with van der Waals surface area (Å²) in [5, 5.41) is 0. The van der Waals surface area contributed by atoms with Crippen molar-refractivity contribution in [2.75, 3.05) is 27.4 Å². The third-order valence-corrected chi connectivity index (χ3v) is 4.30. The molecule has 1 heterocycles. The fourth-order valence-corrected chi connectivity index (χ4v) is 3.10. The quantitative estimate of drug-likeness (QED) is 0.755. The molecule has 5 nitrogen and oxygen atoms in total. The largest absolute Gasteiger partial charge is 0.493 e. The van der Waals surface area contributed by atoms with Crippen LogP contribution >= 0.6 is 0 Å². The maximum absolute atomic E-state index is 13.2. The minimum Gasteiger partial charge on any atom is -0.493 e. The predicted molar refractivity (Wildman–Crippen MR) is 93.4 cm³/mol. The van der Waals surface area contributed by atoms with Crippen molar-refractivity contribution in [3.63, 3.8) is 0 Å². The van der Waals surface area contributed by atoms with Crippen LogP contribution in [0.25, 0.3) is 0 Å². The van der Waals surface area contributed by atoms with Crippen molar-refractivity contribution in [3.05, 3.63) is 59.2 Å². The smallest absolute Gasteiger partial charge is 0.197 e. The van der Waals surface area contributed by atoms with E-state index in [9.17, 15) is 4.79 Å². The molecule has 0 unspecified atom stereocenters. The summed E-state index contributed by atoms with van der Waals surface area (Å²) in [4.78, 5) is 13.2. The van der Waals surface area contributed by atoms with Crippen LogP contribution in [-0.4, -0.2) is 39.0 Å². The van der Waals surface area contributed by atoms with Gasteiger partial charge in [-0.15, -0.1) is 0 Å². The molecule has 0 aromatic heterocycles. The van der Waals surface area contributed by atoms with Gasteiger partial charge in [0, 0.05) is 12.0 Å². The highest BCUT2D eigenvalue weighted by molar-refractivity contribution is 6.12. The number of carbonyl (C=O) groups excluding carboxylic acids is 1. The molecule has 2 aromatic rings. The SMILES string of the molecule is COc1ccc(CC2(C)OCCO2)c(C(=O)c2ccccc2)c1OC. The van der Waals surface area contributed by atoms with Gasteiger partial charge in [-0.2, -0.15) is 0 Å². The number of rotatable bonds is 6. The number of ketones is 1. The molecule has 0 N–H and O–H groups in total. The Morgan fingerprint density at radius 1 is 1.04 bits per heavy atom. The second-order valence-electron chi connectivity index (χ2n) is 6.04. The third-order valence-electron chi connectivity index (χ3n) is 4.30. The summed E-state index contributed by atoms with van der Waals surface area (Å²) in [6.45, 7) is 2.98. The highest BCUT2D eigenvalue weighted by atomic mass is 16.7. The van der Waals surface area contributed by atoms with Crippen LogP contribution in [0.2, 0.25) is 0 Å². The average molecular weight is 342 g/mol. The highest BCUT2D eigenvalue weighted by Gasteiger charge is 2.34. The van der Waals surface area contributed by atoms with Gasteiger partial charge in [0.05, 0.1) is 33.0 Å². The van der Waals surface area contributed by atoms with Crippen molar-refractivity contribution in [3.8, 4) is 11.5 Å². The molecule has 0 spiro atoms. The normalized spacial score (nSPS) is 15.8. The van der Waals surface area contributed by atoms with Crippen LogP contribution in [0.3, 0.4) is 0 Å². The van der Waals surface area contributed by atoms with Gasteiger partial charge >= 0.3 is 0 Å². The van der Waals surface area contributed by atoms with Gasteiger partial charge in [-0.3, -0.25) is 4.79 Å². The molecule has 0 aliphatic carbocycles. The van der Waals surface area contributed by atoms with E-state index >= 15 is 0 Å². The van der Waals surface area contributed by atoms with Crippen molar-refractivity contribution < 1.29 is 23.7 Å². The zero-order valence-electron chi connectivity index (χ0n) is 14.7.